The lowest BCUT2D eigenvalue weighted by molar-refractivity contribution is -0.138. The number of carbonyl (C=O) groups is 1. The molecule has 2 aliphatic rings. The van der Waals surface area contributed by atoms with Gasteiger partial charge in [0.1, 0.15) is 24.4 Å². The maximum Gasteiger partial charge on any atom is 0.416 e. The van der Waals surface area contributed by atoms with Gasteiger partial charge in [-0.1, -0.05) is 0 Å². The molecule has 4 aromatic rings. The van der Waals surface area contributed by atoms with Gasteiger partial charge in [0.25, 0.3) is 5.91 Å². The van der Waals surface area contributed by atoms with Crippen LogP contribution in [0.2, 0.25) is 0 Å². The average Bonchev–Trinajstić information content (AvgIpc) is 3.47. The highest BCUT2D eigenvalue weighted by Gasteiger charge is 2.53. The number of benzene rings is 1. The molecule has 41 heavy (non-hydrogen) atoms. The fraction of sp³-hybridized carbons (Fsp3) is 0.407. The first-order valence-corrected chi connectivity index (χ1v) is 15.3. The molecule has 1 aliphatic heterocycles. The molecule has 0 radical (unpaired) electrons. The number of hydrogen-bond donors (Lipinski definition) is 2. The van der Waals surface area contributed by atoms with Crippen molar-refractivity contribution in [2.24, 2.45) is 0 Å². The summed E-state index contributed by atoms with van der Waals surface area (Å²) in [5.41, 5.74) is 4.41. The fourth-order valence-electron chi connectivity index (χ4n) is 5.38. The zero-order valence-corrected chi connectivity index (χ0v) is 23.3. The number of aryl methyl sites for hydroxylation is 1. The monoisotopic (exact) mass is 589 g/mol. The van der Waals surface area contributed by atoms with Gasteiger partial charge in [0.05, 0.1) is 22.3 Å². The van der Waals surface area contributed by atoms with Crippen molar-refractivity contribution >= 4 is 46.5 Å². The van der Waals surface area contributed by atoms with E-state index in [0.717, 1.165) is 12.1 Å². The van der Waals surface area contributed by atoms with Crippen LogP contribution >= 0.6 is 7.14 Å². The Morgan fingerprint density at radius 2 is 1.83 bits per heavy atom. The first-order chi connectivity index (χ1) is 19.3. The Morgan fingerprint density at radius 1 is 1.12 bits per heavy atom. The molecule has 3 aromatic heterocycles. The molecule has 14 heteroatoms. The Kier molecular flexibility index (Phi) is 6.29. The summed E-state index contributed by atoms with van der Waals surface area (Å²) >= 11 is 0. The number of halogens is 4. The number of pyridine rings is 1. The number of fused-ring (bicyclic) bond motifs is 3. The average molecular weight is 590 g/mol. The SMILES string of the molecule is Cc1nc(N[C@H](C)c2cc(N)cc(C(F)(F)F)c2)c2cc(P3(=O)CCN(C(=O)C4(F)CC4)CC3)c3nccn3c2n1. The molecule has 3 N–H and O–H groups in total. The molecule has 216 valence electrons. The second-order valence-electron chi connectivity index (χ2n) is 10.9. The number of aromatic nitrogens is 4. The van der Waals surface area contributed by atoms with Crippen molar-refractivity contribution in [3.8, 4) is 0 Å². The number of alkyl halides is 4. The molecule has 0 spiro atoms. The third-order valence-corrected chi connectivity index (χ3v) is 10.9. The number of amides is 1. The molecular formula is C27H28F4N7O2P. The molecule has 1 amide bonds. The topological polar surface area (TPSA) is 119 Å². The molecule has 6 rings (SSSR count). The van der Waals surface area contributed by atoms with E-state index in [1.165, 1.54) is 11.0 Å². The van der Waals surface area contributed by atoms with Gasteiger partial charge in [-0.05, 0) is 56.5 Å². The maximum atomic E-state index is 14.4. The van der Waals surface area contributed by atoms with Gasteiger partial charge in [0.15, 0.2) is 11.3 Å². The second-order valence-corrected chi connectivity index (χ2v) is 14.0. The first kappa shape index (κ1) is 27.4. The first-order valence-electron chi connectivity index (χ1n) is 13.2. The van der Waals surface area contributed by atoms with E-state index in [1.54, 1.807) is 36.7 Å². The van der Waals surface area contributed by atoms with Crippen molar-refractivity contribution in [2.75, 3.05) is 36.5 Å². The molecule has 1 saturated heterocycles. The Morgan fingerprint density at radius 3 is 2.49 bits per heavy atom. The zero-order valence-electron chi connectivity index (χ0n) is 22.4. The number of imidazole rings is 1. The quantitative estimate of drug-likeness (QED) is 0.197. The third kappa shape index (κ3) is 4.90. The minimum atomic E-state index is -4.56. The molecule has 0 bridgehead atoms. The van der Waals surface area contributed by atoms with Crippen LogP contribution in [0.1, 0.15) is 42.8 Å². The fourth-order valence-corrected chi connectivity index (χ4v) is 8.10. The summed E-state index contributed by atoms with van der Waals surface area (Å²) in [4.78, 5) is 27.5. The highest BCUT2D eigenvalue weighted by Crippen LogP contribution is 2.49. The summed E-state index contributed by atoms with van der Waals surface area (Å²) in [5.74, 6) is 0.228. The number of nitrogens with one attached hydrogen (secondary N) is 1. The van der Waals surface area contributed by atoms with Crippen LogP contribution in [-0.2, 0) is 15.5 Å². The van der Waals surface area contributed by atoms with Crippen LogP contribution in [0.4, 0.5) is 29.1 Å². The summed E-state index contributed by atoms with van der Waals surface area (Å²) in [6, 6.07) is 4.50. The Labute approximate surface area is 232 Å². The van der Waals surface area contributed by atoms with Crippen LogP contribution < -0.4 is 16.4 Å². The summed E-state index contributed by atoms with van der Waals surface area (Å²) < 4.78 is 70.7. The lowest BCUT2D eigenvalue weighted by atomic mass is 10.0. The van der Waals surface area contributed by atoms with Crippen LogP contribution in [0.15, 0.2) is 36.7 Å². The molecule has 2 fully saturated rings. The van der Waals surface area contributed by atoms with Crippen molar-refractivity contribution < 1.29 is 26.9 Å². The minimum absolute atomic E-state index is 0.0158. The molecule has 0 unspecified atom stereocenters. The lowest BCUT2D eigenvalue weighted by Crippen LogP contribution is -2.45. The normalized spacial score (nSPS) is 18.9. The van der Waals surface area contributed by atoms with Gasteiger partial charge < -0.3 is 20.5 Å². The van der Waals surface area contributed by atoms with E-state index < -0.39 is 36.5 Å². The van der Waals surface area contributed by atoms with Gasteiger partial charge in [0, 0.05) is 43.5 Å². The largest absolute Gasteiger partial charge is 0.416 e. The van der Waals surface area contributed by atoms with Crippen molar-refractivity contribution in [3.63, 3.8) is 0 Å². The van der Waals surface area contributed by atoms with E-state index >= 15 is 0 Å². The number of carbonyl (C=O) groups excluding carboxylic acids is 1. The molecule has 9 nitrogen and oxygen atoms in total. The second kappa shape index (κ2) is 9.40. The standard InChI is InChI=1S/C27H28F4N7O2P/c1-15(17-11-18(27(29,30)31)13-19(32)12-17)34-22-20-14-21(24-33-5-6-38(24)23(20)36-16(2)35-22)41(40)9-7-37(8-10-41)25(39)26(28)3-4-26/h5-6,11-15H,3-4,7-10,32H2,1-2H3,(H,34,35,36)/t15-/m1/s1. The zero-order chi connectivity index (χ0) is 29.3. The Bertz CT molecular complexity index is 1740. The summed E-state index contributed by atoms with van der Waals surface area (Å²) in [7, 11) is -3.07. The number of anilines is 2. The van der Waals surface area contributed by atoms with Crippen molar-refractivity contribution in [2.45, 2.75) is 44.6 Å². The number of rotatable bonds is 5. The smallest absolute Gasteiger partial charge is 0.399 e. The summed E-state index contributed by atoms with van der Waals surface area (Å²) in [5, 5.41) is 4.21. The van der Waals surface area contributed by atoms with E-state index in [4.69, 9.17) is 5.73 Å². The number of hydrogen-bond acceptors (Lipinski definition) is 7. The number of nitrogens with zero attached hydrogens (tertiary/aromatic N) is 5. The van der Waals surface area contributed by atoms with E-state index in [9.17, 15) is 26.9 Å². The molecule has 1 aliphatic carbocycles. The Hall–Kier alpha value is -3.73. The number of nitrogens with two attached hydrogens (primary N) is 1. The van der Waals surface area contributed by atoms with E-state index in [2.05, 4.69) is 20.3 Å². The summed E-state index contributed by atoms with van der Waals surface area (Å²) in [6.45, 7) is 3.74. The van der Waals surface area contributed by atoms with Gasteiger partial charge >= 0.3 is 6.18 Å². The van der Waals surface area contributed by atoms with Gasteiger partial charge in [-0.15, -0.1) is 0 Å². The van der Waals surface area contributed by atoms with Gasteiger partial charge in [-0.3, -0.25) is 9.20 Å². The van der Waals surface area contributed by atoms with E-state index in [1.807, 2.05) is 0 Å². The van der Waals surface area contributed by atoms with Crippen molar-refractivity contribution in [1.82, 2.24) is 24.3 Å². The van der Waals surface area contributed by atoms with Gasteiger partial charge in [0.2, 0.25) is 0 Å². The molecule has 4 heterocycles. The minimum Gasteiger partial charge on any atom is -0.399 e. The molecule has 1 saturated carbocycles. The van der Waals surface area contributed by atoms with E-state index in [-0.39, 0.29) is 43.9 Å². The Balaban J connectivity index is 1.39. The van der Waals surface area contributed by atoms with Crippen molar-refractivity contribution in [1.29, 1.82) is 0 Å². The third-order valence-electron chi connectivity index (χ3n) is 7.84. The summed E-state index contributed by atoms with van der Waals surface area (Å²) in [6.07, 6.45) is -0.487. The van der Waals surface area contributed by atoms with Crippen molar-refractivity contribution in [3.05, 3.63) is 53.6 Å². The highest BCUT2D eigenvalue weighted by molar-refractivity contribution is 7.72. The highest BCUT2D eigenvalue weighted by atomic mass is 31.2. The maximum absolute atomic E-state index is 14.4. The number of nitrogen functional groups attached to an aromatic ring is 1. The van der Waals surface area contributed by atoms with E-state index in [0.29, 0.717) is 39.2 Å². The van der Waals surface area contributed by atoms with Crippen LogP contribution in [-0.4, -0.2) is 61.2 Å². The van der Waals surface area contributed by atoms with Crippen LogP contribution in [0.3, 0.4) is 0 Å². The van der Waals surface area contributed by atoms with Crippen LogP contribution in [0.5, 0.6) is 0 Å². The van der Waals surface area contributed by atoms with Gasteiger partial charge in [-0.25, -0.2) is 19.3 Å². The molecule has 1 atom stereocenters. The predicted molar refractivity (Wildman–Crippen MR) is 148 cm³/mol. The van der Waals surface area contributed by atoms with Crippen LogP contribution in [0, 0.1) is 6.92 Å². The van der Waals surface area contributed by atoms with Gasteiger partial charge in [-0.2, -0.15) is 13.2 Å². The van der Waals surface area contributed by atoms with Crippen LogP contribution in [0.25, 0.3) is 16.7 Å². The predicted octanol–water partition coefficient (Wildman–Crippen LogP) is 4.69. The molecular weight excluding hydrogens is 561 g/mol. The lowest BCUT2D eigenvalue weighted by Gasteiger charge is -2.33. The molecule has 1 aromatic carbocycles.